The Bertz CT molecular complexity index is 641. The molecule has 1 aromatic rings. The van der Waals surface area contributed by atoms with Crippen molar-refractivity contribution < 1.29 is 23.9 Å². The van der Waals surface area contributed by atoms with E-state index in [4.69, 9.17) is 9.52 Å². The van der Waals surface area contributed by atoms with Crippen molar-refractivity contribution in [3.8, 4) is 0 Å². The van der Waals surface area contributed by atoms with Crippen LogP contribution in [0.2, 0.25) is 0 Å². The Morgan fingerprint density at radius 1 is 1.52 bits per heavy atom. The molecule has 1 fully saturated rings. The highest BCUT2D eigenvalue weighted by Gasteiger charge is 2.32. The van der Waals surface area contributed by atoms with Gasteiger partial charge in [-0.25, -0.2) is 0 Å². The summed E-state index contributed by atoms with van der Waals surface area (Å²) in [6.07, 6.45) is 2.67. The molecule has 1 aliphatic rings. The zero-order chi connectivity index (χ0) is 16.7. The molecule has 1 aliphatic heterocycles. The van der Waals surface area contributed by atoms with Gasteiger partial charge in [-0.3, -0.25) is 14.4 Å². The van der Waals surface area contributed by atoms with Gasteiger partial charge in [0, 0.05) is 13.0 Å². The second-order valence-electron chi connectivity index (χ2n) is 4.46. The summed E-state index contributed by atoms with van der Waals surface area (Å²) in [5, 5.41) is 20.7. The Labute approximate surface area is 135 Å². The van der Waals surface area contributed by atoms with E-state index in [0.717, 1.165) is 11.8 Å². The number of furan rings is 1. The lowest BCUT2D eigenvalue weighted by atomic mass is 10.2. The van der Waals surface area contributed by atoms with Crippen LogP contribution in [0.1, 0.15) is 18.6 Å². The first kappa shape index (κ1) is 16.7. The molecule has 3 N–H and O–H groups in total. The summed E-state index contributed by atoms with van der Waals surface area (Å²) in [4.78, 5) is 33.7. The maximum absolute atomic E-state index is 11.7. The minimum absolute atomic E-state index is 0.0293. The van der Waals surface area contributed by atoms with Crippen LogP contribution in [0.5, 0.6) is 0 Å². The monoisotopic (exact) mass is 338 g/mol. The summed E-state index contributed by atoms with van der Waals surface area (Å²) in [6, 6.07) is 3.41. The molecule has 0 unspecified atom stereocenters. The Morgan fingerprint density at radius 2 is 2.35 bits per heavy atom. The molecule has 0 aliphatic carbocycles. The first-order valence-corrected chi connectivity index (χ1v) is 7.53. The van der Waals surface area contributed by atoms with Gasteiger partial charge in [0.1, 0.15) is 11.0 Å². The van der Waals surface area contributed by atoms with Gasteiger partial charge < -0.3 is 20.2 Å². The second kappa shape index (κ2) is 8.13. The Hall–Kier alpha value is -2.62. The maximum atomic E-state index is 11.7. The second-order valence-corrected chi connectivity index (χ2v) is 5.65. The lowest BCUT2D eigenvalue weighted by molar-refractivity contribution is -0.137. The van der Waals surface area contributed by atoms with Gasteiger partial charge in [-0.1, -0.05) is 11.8 Å². The van der Waals surface area contributed by atoms with Gasteiger partial charge >= 0.3 is 5.97 Å². The van der Waals surface area contributed by atoms with Crippen LogP contribution < -0.4 is 10.6 Å². The van der Waals surface area contributed by atoms with Gasteiger partial charge in [0.2, 0.25) is 11.8 Å². The molecule has 1 saturated heterocycles. The topological polar surface area (TPSA) is 133 Å². The number of thioether (sulfide) groups is 1. The third-order valence-electron chi connectivity index (χ3n) is 2.68. The molecule has 0 radical (unpaired) electrons. The normalized spacial score (nSPS) is 19.2. The summed E-state index contributed by atoms with van der Waals surface area (Å²) >= 11 is 1.09. The predicted molar refractivity (Wildman–Crippen MR) is 83.1 cm³/mol. The number of nitrogens with one attached hydrogen (secondary N) is 2. The van der Waals surface area contributed by atoms with Crippen molar-refractivity contribution in [2.24, 2.45) is 10.2 Å². The average molecular weight is 338 g/mol. The van der Waals surface area contributed by atoms with Crippen molar-refractivity contribution >= 4 is 40.9 Å². The van der Waals surface area contributed by atoms with E-state index in [9.17, 15) is 14.4 Å². The maximum Gasteiger partial charge on any atom is 0.305 e. The van der Waals surface area contributed by atoms with Crippen LogP contribution in [0.15, 0.2) is 33.0 Å². The molecular formula is C13H14N4O5S. The summed E-state index contributed by atoms with van der Waals surface area (Å²) in [7, 11) is 0. The largest absolute Gasteiger partial charge is 0.481 e. The SMILES string of the molecule is O=C(O)CCNC(=O)C[C@@H]1S/C(=N\N=C/c2ccco2)NC1=O. The number of hydrogen-bond acceptors (Lipinski definition) is 7. The zero-order valence-electron chi connectivity index (χ0n) is 11.9. The predicted octanol–water partition coefficient (Wildman–Crippen LogP) is 0.182. The quantitative estimate of drug-likeness (QED) is 0.480. The van der Waals surface area contributed by atoms with Crippen LogP contribution in [0.4, 0.5) is 0 Å². The third kappa shape index (κ3) is 5.58. The highest BCUT2D eigenvalue weighted by atomic mass is 32.2. The highest BCUT2D eigenvalue weighted by molar-refractivity contribution is 8.15. The first-order chi connectivity index (χ1) is 11.0. The number of nitrogens with zero attached hydrogens (tertiary/aromatic N) is 2. The molecule has 23 heavy (non-hydrogen) atoms. The fourth-order valence-electron chi connectivity index (χ4n) is 1.64. The van der Waals surface area contributed by atoms with Crippen molar-refractivity contribution in [2.45, 2.75) is 18.1 Å². The third-order valence-corrected chi connectivity index (χ3v) is 3.76. The van der Waals surface area contributed by atoms with Gasteiger partial charge in [0.05, 0.1) is 18.9 Å². The van der Waals surface area contributed by atoms with Gasteiger partial charge in [-0.05, 0) is 12.1 Å². The summed E-state index contributed by atoms with van der Waals surface area (Å²) in [5.41, 5.74) is 0. The number of rotatable bonds is 7. The lowest BCUT2D eigenvalue weighted by Gasteiger charge is -2.05. The standard InChI is InChI=1S/C13H14N4O5S/c18-10(14-4-3-11(19)20)6-9-12(21)16-13(23-9)17-15-7-8-2-1-5-22-8/h1-2,5,7,9H,3-4,6H2,(H,14,18)(H,19,20)(H,16,17,21)/b15-7-/t9-/m0/s1. The fourth-order valence-corrected chi connectivity index (χ4v) is 2.56. The van der Waals surface area contributed by atoms with Crippen molar-refractivity contribution in [3.63, 3.8) is 0 Å². The van der Waals surface area contributed by atoms with E-state index in [1.807, 2.05) is 0 Å². The molecule has 2 amide bonds. The van der Waals surface area contributed by atoms with E-state index in [0.29, 0.717) is 10.9 Å². The molecule has 1 atom stereocenters. The van der Waals surface area contributed by atoms with Gasteiger partial charge in [-0.15, -0.1) is 5.10 Å². The number of carboxylic acids is 1. The van der Waals surface area contributed by atoms with Crippen LogP contribution in [-0.2, 0) is 14.4 Å². The van der Waals surface area contributed by atoms with E-state index in [1.165, 1.54) is 12.5 Å². The van der Waals surface area contributed by atoms with E-state index < -0.39 is 11.2 Å². The first-order valence-electron chi connectivity index (χ1n) is 6.65. The summed E-state index contributed by atoms with van der Waals surface area (Å²) < 4.78 is 5.04. The number of amides is 2. The number of amidine groups is 1. The molecule has 9 nitrogen and oxygen atoms in total. The molecule has 122 valence electrons. The van der Waals surface area contributed by atoms with Crippen molar-refractivity contribution in [1.29, 1.82) is 0 Å². The number of carbonyl (C=O) groups excluding carboxylic acids is 2. The molecular weight excluding hydrogens is 324 g/mol. The van der Waals surface area contributed by atoms with Crippen LogP contribution in [0.3, 0.4) is 0 Å². The van der Waals surface area contributed by atoms with E-state index in [2.05, 4.69) is 20.8 Å². The molecule has 0 bridgehead atoms. The van der Waals surface area contributed by atoms with E-state index >= 15 is 0 Å². The molecule has 0 saturated carbocycles. The Morgan fingerprint density at radius 3 is 3.04 bits per heavy atom. The van der Waals surface area contributed by atoms with Crippen molar-refractivity contribution in [1.82, 2.24) is 10.6 Å². The van der Waals surface area contributed by atoms with Crippen molar-refractivity contribution in [2.75, 3.05) is 6.54 Å². The fraction of sp³-hybridized carbons (Fsp3) is 0.308. The molecule has 2 rings (SSSR count). The number of hydrogen-bond donors (Lipinski definition) is 3. The molecule has 1 aromatic heterocycles. The smallest absolute Gasteiger partial charge is 0.305 e. The van der Waals surface area contributed by atoms with Crippen LogP contribution in [0.25, 0.3) is 0 Å². The van der Waals surface area contributed by atoms with E-state index in [1.54, 1.807) is 12.1 Å². The van der Waals surface area contributed by atoms with E-state index in [-0.39, 0.29) is 31.2 Å². The molecule has 0 aromatic carbocycles. The summed E-state index contributed by atoms with van der Waals surface area (Å²) in [6.45, 7) is 0.0293. The van der Waals surface area contributed by atoms with Crippen LogP contribution in [0, 0.1) is 0 Å². The van der Waals surface area contributed by atoms with Gasteiger partial charge in [0.15, 0.2) is 5.17 Å². The lowest BCUT2D eigenvalue weighted by Crippen LogP contribution is -2.32. The Kier molecular flexibility index (Phi) is 5.92. The molecule has 10 heteroatoms. The number of carbonyl (C=O) groups is 3. The minimum atomic E-state index is -0.998. The molecule has 0 spiro atoms. The van der Waals surface area contributed by atoms with Crippen LogP contribution >= 0.6 is 11.8 Å². The summed E-state index contributed by atoms with van der Waals surface area (Å²) in [5.74, 6) is -1.20. The number of aliphatic carboxylic acids is 1. The number of carboxylic acid groups (broad SMARTS) is 1. The molecule has 2 heterocycles. The van der Waals surface area contributed by atoms with Gasteiger partial charge in [0.25, 0.3) is 0 Å². The zero-order valence-corrected chi connectivity index (χ0v) is 12.7. The van der Waals surface area contributed by atoms with Crippen molar-refractivity contribution in [3.05, 3.63) is 24.2 Å². The van der Waals surface area contributed by atoms with Gasteiger partial charge in [-0.2, -0.15) is 5.10 Å². The highest BCUT2D eigenvalue weighted by Crippen LogP contribution is 2.22. The minimum Gasteiger partial charge on any atom is -0.481 e. The Balaban J connectivity index is 1.80. The average Bonchev–Trinajstić information content (AvgIpc) is 3.09. The van der Waals surface area contributed by atoms with Crippen LogP contribution in [-0.4, -0.2) is 46.1 Å².